The standard InChI is InChI=1S/C19H38N2/c1-14(2)12-21(17-8-6-7-9-17)13-16-10-11-18(20)15(3)19(16,4)5/h14-18H,6-13,20H2,1-5H3. The summed E-state index contributed by atoms with van der Waals surface area (Å²) in [5.74, 6) is 2.23. The zero-order valence-corrected chi connectivity index (χ0v) is 15.1. The van der Waals surface area contributed by atoms with Gasteiger partial charge in [0.15, 0.2) is 0 Å². The minimum Gasteiger partial charge on any atom is -0.327 e. The Balaban J connectivity index is 2.04. The summed E-state index contributed by atoms with van der Waals surface area (Å²) >= 11 is 0. The molecule has 0 heterocycles. The van der Waals surface area contributed by atoms with Crippen molar-refractivity contribution in [2.45, 2.75) is 85.2 Å². The van der Waals surface area contributed by atoms with Crippen molar-refractivity contribution >= 4 is 0 Å². The zero-order chi connectivity index (χ0) is 15.6. The van der Waals surface area contributed by atoms with Crippen LogP contribution in [0.1, 0.15) is 73.1 Å². The average molecular weight is 295 g/mol. The Labute approximate surface area is 132 Å². The summed E-state index contributed by atoms with van der Waals surface area (Å²) in [4.78, 5) is 2.84. The Morgan fingerprint density at radius 2 is 1.71 bits per heavy atom. The molecular formula is C19H38N2. The third-order valence-electron chi connectivity index (χ3n) is 6.61. The normalized spacial score (nSPS) is 34.0. The van der Waals surface area contributed by atoms with E-state index in [4.69, 9.17) is 5.73 Å². The zero-order valence-electron chi connectivity index (χ0n) is 15.1. The van der Waals surface area contributed by atoms with Crippen LogP contribution in [-0.2, 0) is 0 Å². The summed E-state index contributed by atoms with van der Waals surface area (Å²) < 4.78 is 0. The lowest BCUT2D eigenvalue weighted by molar-refractivity contribution is 0.0157. The number of nitrogens with zero attached hydrogens (tertiary/aromatic N) is 1. The largest absolute Gasteiger partial charge is 0.327 e. The molecule has 2 rings (SSSR count). The van der Waals surface area contributed by atoms with E-state index in [-0.39, 0.29) is 0 Å². The predicted octanol–water partition coefficient (Wildman–Crippen LogP) is 4.29. The van der Waals surface area contributed by atoms with Gasteiger partial charge in [0.25, 0.3) is 0 Å². The van der Waals surface area contributed by atoms with Gasteiger partial charge in [-0.1, -0.05) is 47.5 Å². The molecule has 0 aromatic rings. The van der Waals surface area contributed by atoms with Crippen LogP contribution in [0.3, 0.4) is 0 Å². The Bertz CT molecular complexity index is 318. The first-order valence-corrected chi connectivity index (χ1v) is 9.32. The van der Waals surface area contributed by atoms with Crippen LogP contribution in [0.5, 0.6) is 0 Å². The van der Waals surface area contributed by atoms with Crippen LogP contribution in [-0.4, -0.2) is 30.1 Å². The lowest BCUT2D eigenvalue weighted by Gasteiger charge is -2.49. The highest BCUT2D eigenvalue weighted by Crippen LogP contribution is 2.45. The van der Waals surface area contributed by atoms with Gasteiger partial charge in [0, 0.05) is 25.2 Å². The maximum Gasteiger partial charge on any atom is 0.00954 e. The predicted molar refractivity (Wildman–Crippen MR) is 92.3 cm³/mol. The third kappa shape index (κ3) is 4.01. The molecule has 2 nitrogen and oxygen atoms in total. The molecule has 0 saturated heterocycles. The van der Waals surface area contributed by atoms with Gasteiger partial charge in [-0.2, -0.15) is 0 Å². The monoisotopic (exact) mass is 294 g/mol. The highest BCUT2D eigenvalue weighted by molar-refractivity contribution is 4.95. The van der Waals surface area contributed by atoms with Crippen molar-refractivity contribution in [3.8, 4) is 0 Å². The molecule has 2 aliphatic carbocycles. The smallest absolute Gasteiger partial charge is 0.00954 e. The van der Waals surface area contributed by atoms with Gasteiger partial charge >= 0.3 is 0 Å². The maximum atomic E-state index is 6.34. The maximum absolute atomic E-state index is 6.34. The first-order chi connectivity index (χ1) is 9.82. The van der Waals surface area contributed by atoms with E-state index >= 15 is 0 Å². The number of hydrogen-bond donors (Lipinski definition) is 1. The van der Waals surface area contributed by atoms with Gasteiger partial charge in [0.2, 0.25) is 0 Å². The van der Waals surface area contributed by atoms with Crippen molar-refractivity contribution in [3.63, 3.8) is 0 Å². The Morgan fingerprint density at radius 1 is 1.10 bits per heavy atom. The van der Waals surface area contributed by atoms with Crippen LogP contribution in [0.2, 0.25) is 0 Å². The van der Waals surface area contributed by atoms with E-state index in [0.717, 1.165) is 17.9 Å². The average Bonchev–Trinajstić information content (AvgIpc) is 2.92. The molecule has 0 spiro atoms. The van der Waals surface area contributed by atoms with Crippen molar-refractivity contribution in [1.82, 2.24) is 4.90 Å². The fourth-order valence-corrected chi connectivity index (χ4v) is 4.66. The van der Waals surface area contributed by atoms with Crippen molar-refractivity contribution in [1.29, 1.82) is 0 Å². The van der Waals surface area contributed by atoms with E-state index < -0.39 is 0 Å². The van der Waals surface area contributed by atoms with Crippen LogP contribution in [0, 0.1) is 23.2 Å². The van der Waals surface area contributed by atoms with Crippen molar-refractivity contribution in [2.75, 3.05) is 13.1 Å². The molecule has 2 N–H and O–H groups in total. The highest BCUT2D eigenvalue weighted by atomic mass is 15.2. The molecule has 21 heavy (non-hydrogen) atoms. The van der Waals surface area contributed by atoms with E-state index in [1.54, 1.807) is 0 Å². The van der Waals surface area contributed by atoms with Gasteiger partial charge in [-0.3, -0.25) is 4.90 Å². The highest BCUT2D eigenvalue weighted by Gasteiger charge is 2.42. The van der Waals surface area contributed by atoms with E-state index in [1.165, 1.54) is 51.6 Å². The fraction of sp³-hybridized carbons (Fsp3) is 1.00. The van der Waals surface area contributed by atoms with Gasteiger partial charge in [-0.15, -0.1) is 0 Å². The lowest BCUT2D eigenvalue weighted by Crippen LogP contribution is -2.51. The molecule has 3 atom stereocenters. The first kappa shape index (κ1) is 17.3. The van der Waals surface area contributed by atoms with Crippen LogP contribution in [0.15, 0.2) is 0 Å². The number of nitrogens with two attached hydrogens (primary N) is 1. The van der Waals surface area contributed by atoms with Gasteiger partial charge in [-0.05, 0) is 48.9 Å². The Kier molecular flexibility index (Phi) is 5.76. The van der Waals surface area contributed by atoms with Crippen molar-refractivity contribution in [2.24, 2.45) is 28.9 Å². The summed E-state index contributed by atoms with van der Waals surface area (Å²) in [6.07, 6.45) is 8.27. The molecule has 0 amide bonds. The summed E-state index contributed by atoms with van der Waals surface area (Å²) in [6.45, 7) is 14.6. The molecule has 2 aliphatic rings. The Morgan fingerprint density at radius 3 is 2.29 bits per heavy atom. The SMILES string of the molecule is CC(C)CN(CC1CCC(N)C(C)C1(C)C)C1CCCC1. The van der Waals surface area contributed by atoms with E-state index in [1.807, 2.05) is 0 Å². The summed E-state index contributed by atoms with van der Waals surface area (Å²) in [6, 6.07) is 1.26. The van der Waals surface area contributed by atoms with Crippen LogP contribution >= 0.6 is 0 Å². The van der Waals surface area contributed by atoms with E-state index in [9.17, 15) is 0 Å². The van der Waals surface area contributed by atoms with Crippen LogP contribution in [0.4, 0.5) is 0 Å². The second kappa shape index (κ2) is 7.00. The van der Waals surface area contributed by atoms with Gasteiger partial charge < -0.3 is 5.73 Å². The van der Waals surface area contributed by atoms with Gasteiger partial charge in [-0.25, -0.2) is 0 Å². The van der Waals surface area contributed by atoms with Crippen molar-refractivity contribution in [3.05, 3.63) is 0 Å². The van der Waals surface area contributed by atoms with E-state index in [0.29, 0.717) is 17.4 Å². The molecule has 3 unspecified atom stereocenters. The molecule has 2 fully saturated rings. The molecule has 2 heteroatoms. The third-order valence-corrected chi connectivity index (χ3v) is 6.61. The number of rotatable bonds is 5. The fourth-order valence-electron chi connectivity index (χ4n) is 4.66. The molecule has 0 radical (unpaired) electrons. The first-order valence-electron chi connectivity index (χ1n) is 9.32. The molecule has 0 bridgehead atoms. The summed E-state index contributed by atoms with van der Waals surface area (Å²) in [5, 5.41) is 0. The minimum atomic E-state index is 0.380. The molecule has 0 aromatic heterocycles. The molecule has 2 saturated carbocycles. The number of hydrogen-bond acceptors (Lipinski definition) is 2. The molecule has 124 valence electrons. The quantitative estimate of drug-likeness (QED) is 0.819. The minimum absolute atomic E-state index is 0.380. The topological polar surface area (TPSA) is 29.3 Å². The second-order valence-electron chi connectivity index (χ2n) is 8.83. The summed E-state index contributed by atoms with van der Waals surface area (Å²) in [5.41, 5.74) is 6.72. The molecule has 0 aliphatic heterocycles. The van der Waals surface area contributed by atoms with Crippen molar-refractivity contribution < 1.29 is 0 Å². The Hall–Kier alpha value is -0.0800. The molecular weight excluding hydrogens is 256 g/mol. The second-order valence-corrected chi connectivity index (χ2v) is 8.83. The summed E-state index contributed by atoms with van der Waals surface area (Å²) in [7, 11) is 0. The lowest BCUT2D eigenvalue weighted by atomic mass is 9.61. The van der Waals surface area contributed by atoms with Gasteiger partial charge in [0.1, 0.15) is 0 Å². The van der Waals surface area contributed by atoms with E-state index in [2.05, 4.69) is 39.5 Å². The van der Waals surface area contributed by atoms with Crippen LogP contribution in [0.25, 0.3) is 0 Å². The molecule has 0 aromatic carbocycles. The van der Waals surface area contributed by atoms with Gasteiger partial charge in [0.05, 0.1) is 0 Å². The van der Waals surface area contributed by atoms with Crippen LogP contribution < -0.4 is 5.73 Å².